The fourth-order valence-corrected chi connectivity index (χ4v) is 2.67. The van der Waals surface area contributed by atoms with Crippen LogP contribution < -0.4 is 5.32 Å². The summed E-state index contributed by atoms with van der Waals surface area (Å²) in [5.74, 6) is 0.540. The van der Waals surface area contributed by atoms with E-state index in [1.54, 1.807) is 25.6 Å². The first-order valence-electron chi connectivity index (χ1n) is 8.02. The van der Waals surface area contributed by atoms with Gasteiger partial charge in [-0.1, -0.05) is 30.3 Å². The summed E-state index contributed by atoms with van der Waals surface area (Å²) in [6.07, 6.45) is 0. The van der Waals surface area contributed by atoms with Crippen LogP contribution in [0.15, 0.2) is 36.4 Å². The van der Waals surface area contributed by atoms with Crippen molar-refractivity contribution in [3.63, 3.8) is 0 Å². The molecule has 0 saturated heterocycles. The Morgan fingerprint density at radius 1 is 1.33 bits per heavy atom. The lowest BCUT2D eigenvalue weighted by molar-refractivity contribution is -0.118. The second kappa shape index (κ2) is 7.59. The maximum absolute atomic E-state index is 12.4. The number of aromatic nitrogens is 2. The third kappa shape index (κ3) is 5.79. The highest BCUT2D eigenvalue weighted by Crippen LogP contribution is 2.12. The number of anilines is 1. The molecule has 0 unspecified atom stereocenters. The average molecular weight is 330 g/mol. The van der Waals surface area contributed by atoms with Crippen LogP contribution in [0.3, 0.4) is 0 Å². The molecule has 2 rings (SSSR count). The first kappa shape index (κ1) is 18.2. The summed E-state index contributed by atoms with van der Waals surface area (Å²) in [6.45, 7) is 6.57. The van der Waals surface area contributed by atoms with Crippen molar-refractivity contribution in [1.82, 2.24) is 14.7 Å². The summed E-state index contributed by atoms with van der Waals surface area (Å²) in [5.41, 5.74) is 1.08. The summed E-state index contributed by atoms with van der Waals surface area (Å²) in [5, 5.41) is 17.2. The molecular formula is C18H26N4O2. The lowest BCUT2D eigenvalue weighted by Crippen LogP contribution is -2.42. The molecule has 0 radical (unpaired) electrons. The summed E-state index contributed by atoms with van der Waals surface area (Å²) in [7, 11) is 1.79. The number of amides is 1. The summed E-state index contributed by atoms with van der Waals surface area (Å²) < 4.78 is 1.64. The van der Waals surface area contributed by atoms with Gasteiger partial charge in [0.05, 0.1) is 17.8 Å². The second-order valence-electron chi connectivity index (χ2n) is 6.79. The monoisotopic (exact) mass is 330 g/mol. The first-order valence-corrected chi connectivity index (χ1v) is 8.02. The number of carbonyl (C=O) groups excluding carboxylic acids is 1. The fraction of sp³-hybridized carbons (Fsp3) is 0.444. The zero-order chi connectivity index (χ0) is 17.7. The van der Waals surface area contributed by atoms with Crippen molar-refractivity contribution < 1.29 is 9.90 Å². The van der Waals surface area contributed by atoms with Crippen LogP contribution in [0.5, 0.6) is 0 Å². The molecule has 2 aromatic rings. The minimum Gasteiger partial charge on any atom is -0.389 e. The Labute approximate surface area is 143 Å². The Hall–Kier alpha value is -2.18. The van der Waals surface area contributed by atoms with Gasteiger partial charge in [0.25, 0.3) is 0 Å². The highest BCUT2D eigenvalue weighted by atomic mass is 16.3. The Kier molecular flexibility index (Phi) is 5.75. The molecule has 130 valence electrons. The Morgan fingerprint density at radius 3 is 2.54 bits per heavy atom. The highest BCUT2D eigenvalue weighted by Gasteiger charge is 2.21. The standard InChI is InChI=1S/C18H26N4O2/c1-14-10-16(21(4)20-14)19-17(23)12-22(13-18(2,3)24)11-15-8-6-5-7-9-15/h5-10,24H,11-13H2,1-4H3,(H,19,23). The van der Waals surface area contributed by atoms with E-state index in [0.717, 1.165) is 11.3 Å². The number of nitrogens with zero attached hydrogens (tertiary/aromatic N) is 3. The number of nitrogens with one attached hydrogen (secondary N) is 1. The third-order valence-corrected chi connectivity index (χ3v) is 3.50. The molecule has 6 heteroatoms. The maximum atomic E-state index is 12.4. The topological polar surface area (TPSA) is 70.4 Å². The van der Waals surface area contributed by atoms with E-state index in [1.165, 1.54) is 0 Å². The van der Waals surface area contributed by atoms with Gasteiger partial charge in [0.15, 0.2) is 0 Å². The number of hydrogen-bond donors (Lipinski definition) is 2. The van der Waals surface area contributed by atoms with Crippen molar-refractivity contribution in [3.8, 4) is 0 Å². The van der Waals surface area contributed by atoms with Gasteiger partial charge >= 0.3 is 0 Å². The Morgan fingerprint density at radius 2 is 2.00 bits per heavy atom. The predicted octanol–water partition coefficient (Wildman–Crippen LogP) is 1.94. The maximum Gasteiger partial charge on any atom is 0.239 e. The molecule has 1 aromatic carbocycles. The second-order valence-corrected chi connectivity index (χ2v) is 6.79. The molecule has 1 amide bonds. The third-order valence-electron chi connectivity index (χ3n) is 3.50. The van der Waals surface area contributed by atoms with E-state index in [0.29, 0.717) is 18.9 Å². The molecule has 0 saturated carbocycles. The normalized spacial score (nSPS) is 11.8. The molecule has 1 aromatic heterocycles. The minimum atomic E-state index is -0.877. The van der Waals surface area contributed by atoms with Crippen molar-refractivity contribution in [3.05, 3.63) is 47.7 Å². The summed E-state index contributed by atoms with van der Waals surface area (Å²) in [4.78, 5) is 14.3. The van der Waals surface area contributed by atoms with Crippen LogP contribution >= 0.6 is 0 Å². The molecular weight excluding hydrogens is 304 g/mol. The lowest BCUT2D eigenvalue weighted by Gasteiger charge is -2.28. The molecule has 0 fully saturated rings. The SMILES string of the molecule is Cc1cc(NC(=O)CN(Cc2ccccc2)CC(C)(C)O)n(C)n1. The quantitative estimate of drug-likeness (QED) is 0.814. The van der Waals surface area contributed by atoms with Crippen LogP contribution in [0.1, 0.15) is 25.1 Å². The van der Waals surface area contributed by atoms with Gasteiger partial charge in [-0.25, -0.2) is 0 Å². The molecule has 1 heterocycles. The van der Waals surface area contributed by atoms with Crippen LogP contribution in [-0.2, 0) is 18.4 Å². The van der Waals surface area contributed by atoms with Gasteiger partial charge in [-0.2, -0.15) is 5.10 Å². The van der Waals surface area contributed by atoms with Gasteiger partial charge in [-0.3, -0.25) is 14.4 Å². The lowest BCUT2D eigenvalue weighted by atomic mass is 10.1. The Balaban J connectivity index is 2.03. The van der Waals surface area contributed by atoms with E-state index in [-0.39, 0.29) is 12.5 Å². The molecule has 0 bridgehead atoms. The van der Waals surface area contributed by atoms with Crippen molar-refractivity contribution >= 4 is 11.7 Å². The van der Waals surface area contributed by atoms with Gasteiger partial charge in [0.1, 0.15) is 5.82 Å². The first-order chi connectivity index (χ1) is 11.2. The van der Waals surface area contributed by atoms with Gasteiger partial charge in [-0.15, -0.1) is 0 Å². The minimum absolute atomic E-state index is 0.127. The smallest absolute Gasteiger partial charge is 0.239 e. The summed E-state index contributed by atoms with van der Waals surface area (Å²) in [6, 6.07) is 11.8. The van der Waals surface area contributed by atoms with Crippen molar-refractivity contribution in [2.45, 2.75) is 32.9 Å². The van der Waals surface area contributed by atoms with Crippen LogP contribution in [0.2, 0.25) is 0 Å². The fourth-order valence-electron chi connectivity index (χ4n) is 2.67. The van der Waals surface area contributed by atoms with Gasteiger partial charge in [0, 0.05) is 26.2 Å². The molecule has 0 aliphatic carbocycles. The van der Waals surface area contributed by atoms with Crippen LogP contribution in [0, 0.1) is 6.92 Å². The van der Waals surface area contributed by atoms with Crippen LogP contribution in [0.25, 0.3) is 0 Å². The van der Waals surface area contributed by atoms with E-state index < -0.39 is 5.60 Å². The average Bonchev–Trinajstić information content (AvgIpc) is 2.75. The number of carbonyl (C=O) groups is 1. The van der Waals surface area contributed by atoms with E-state index in [2.05, 4.69) is 10.4 Å². The van der Waals surface area contributed by atoms with Crippen LogP contribution in [-0.4, -0.2) is 44.4 Å². The molecule has 24 heavy (non-hydrogen) atoms. The number of hydrogen-bond acceptors (Lipinski definition) is 4. The van der Waals surface area contributed by atoms with Crippen molar-refractivity contribution in [2.75, 3.05) is 18.4 Å². The largest absolute Gasteiger partial charge is 0.389 e. The molecule has 0 aliphatic heterocycles. The van der Waals surface area contributed by atoms with Gasteiger partial charge < -0.3 is 10.4 Å². The number of aryl methyl sites for hydroxylation is 2. The number of aliphatic hydroxyl groups is 1. The van der Waals surface area contributed by atoms with Crippen LogP contribution in [0.4, 0.5) is 5.82 Å². The Bertz CT molecular complexity index is 674. The van der Waals surface area contributed by atoms with Gasteiger partial charge in [-0.05, 0) is 26.3 Å². The number of rotatable bonds is 7. The molecule has 0 aliphatic rings. The molecule has 0 atom stereocenters. The molecule has 2 N–H and O–H groups in total. The van der Waals surface area contributed by atoms with E-state index in [9.17, 15) is 9.90 Å². The van der Waals surface area contributed by atoms with E-state index in [1.807, 2.05) is 48.2 Å². The zero-order valence-electron chi connectivity index (χ0n) is 14.8. The van der Waals surface area contributed by atoms with Gasteiger partial charge in [0.2, 0.25) is 5.91 Å². The molecule has 0 spiro atoms. The number of benzene rings is 1. The zero-order valence-corrected chi connectivity index (χ0v) is 14.8. The predicted molar refractivity (Wildman–Crippen MR) is 94.6 cm³/mol. The van der Waals surface area contributed by atoms with Crippen molar-refractivity contribution in [2.24, 2.45) is 7.05 Å². The molecule has 6 nitrogen and oxygen atoms in total. The highest BCUT2D eigenvalue weighted by molar-refractivity contribution is 5.91. The van der Waals surface area contributed by atoms with E-state index in [4.69, 9.17) is 0 Å². The summed E-state index contributed by atoms with van der Waals surface area (Å²) >= 11 is 0. The van der Waals surface area contributed by atoms with E-state index >= 15 is 0 Å². The van der Waals surface area contributed by atoms with Crippen molar-refractivity contribution in [1.29, 1.82) is 0 Å².